The van der Waals surface area contributed by atoms with Crippen LogP contribution in [-0.2, 0) is 6.42 Å². The van der Waals surface area contributed by atoms with Crippen LogP contribution < -0.4 is 5.32 Å². The summed E-state index contributed by atoms with van der Waals surface area (Å²) in [6, 6.07) is 4.44. The zero-order valence-electron chi connectivity index (χ0n) is 11.4. The lowest BCUT2D eigenvalue weighted by atomic mass is 10.1. The molecule has 0 saturated carbocycles. The van der Waals surface area contributed by atoms with E-state index < -0.39 is 0 Å². The second-order valence-electron chi connectivity index (χ2n) is 4.75. The van der Waals surface area contributed by atoms with Crippen molar-refractivity contribution in [2.24, 2.45) is 0 Å². The van der Waals surface area contributed by atoms with Gasteiger partial charge in [0.05, 0.1) is 0 Å². The van der Waals surface area contributed by atoms with Gasteiger partial charge >= 0.3 is 0 Å². The monoisotopic (exact) mass is 375 g/mol. The number of benzene rings is 1. The zero-order chi connectivity index (χ0) is 13.4. The maximum atomic E-state index is 3.65. The molecule has 1 rings (SSSR count). The first-order chi connectivity index (χ1) is 8.65. The van der Waals surface area contributed by atoms with Crippen molar-refractivity contribution in [1.29, 1.82) is 0 Å². The van der Waals surface area contributed by atoms with E-state index in [1.807, 2.05) is 0 Å². The second kappa shape index (κ2) is 9.11. The summed E-state index contributed by atoms with van der Waals surface area (Å²) in [6.45, 7) is 6.64. The highest BCUT2D eigenvalue weighted by Crippen LogP contribution is 2.26. The van der Waals surface area contributed by atoms with Gasteiger partial charge in [-0.05, 0) is 69.0 Å². The number of nitrogens with one attached hydrogen (secondary N) is 1. The van der Waals surface area contributed by atoms with Gasteiger partial charge in [-0.3, -0.25) is 0 Å². The maximum Gasteiger partial charge on any atom is 0.0210 e. The Labute approximate surface area is 128 Å². The van der Waals surface area contributed by atoms with Gasteiger partial charge in [0.25, 0.3) is 0 Å². The van der Waals surface area contributed by atoms with E-state index in [2.05, 4.69) is 63.2 Å². The predicted molar refractivity (Wildman–Crippen MR) is 87.3 cm³/mol. The third-order valence-electron chi connectivity index (χ3n) is 3.05. The van der Waals surface area contributed by atoms with Gasteiger partial charge in [-0.25, -0.2) is 0 Å². The molecule has 0 bridgehead atoms. The molecule has 0 spiro atoms. The predicted octanol–water partition coefficient (Wildman–Crippen LogP) is 5.23. The van der Waals surface area contributed by atoms with Gasteiger partial charge < -0.3 is 5.32 Å². The van der Waals surface area contributed by atoms with Crippen molar-refractivity contribution < 1.29 is 0 Å². The molecule has 0 amide bonds. The topological polar surface area (TPSA) is 12.0 Å². The molecule has 0 unspecified atom stereocenters. The van der Waals surface area contributed by atoms with Gasteiger partial charge in [0.2, 0.25) is 0 Å². The minimum Gasteiger partial charge on any atom is -0.317 e. The third kappa shape index (κ3) is 5.85. The van der Waals surface area contributed by atoms with Gasteiger partial charge in [0.1, 0.15) is 0 Å². The van der Waals surface area contributed by atoms with E-state index in [0.29, 0.717) is 0 Å². The first-order valence-electron chi connectivity index (χ1n) is 6.80. The quantitative estimate of drug-likeness (QED) is 0.612. The summed E-state index contributed by atoms with van der Waals surface area (Å²) >= 11 is 7.25. The zero-order valence-corrected chi connectivity index (χ0v) is 14.5. The van der Waals surface area contributed by atoms with E-state index in [9.17, 15) is 0 Å². The van der Waals surface area contributed by atoms with Crippen molar-refractivity contribution in [3.8, 4) is 0 Å². The Morgan fingerprint density at radius 2 is 1.78 bits per heavy atom. The molecular weight excluding hydrogens is 354 g/mol. The van der Waals surface area contributed by atoms with Gasteiger partial charge in [-0.15, -0.1) is 0 Å². The molecule has 18 heavy (non-hydrogen) atoms. The van der Waals surface area contributed by atoms with Crippen molar-refractivity contribution in [2.75, 3.05) is 13.1 Å². The van der Waals surface area contributed by atoms with Crippen LogP contribution in [0.2, 0.25) is 0 Å². The van der Waals surface area contributed by atoms with Crippen LogP contribution in [0.5, 0.6) is 0 Å². The minimum atomic E-state index is 1.15. The molecule has 1 N–H and O–H groups in total. The van der Waals surface area contributed by atoms with Crippen LogP contribution in [0.25, 0.3) is 0 Å². The molecule has 102 valence electrons. The lowest BCUT2D eigenvalue weighted by Crippen LogP contribution is -2.15. The van der Waals surface area contributed by atoms with Crippen molar-refractivity contribution in [3.05, 3.63) is 32.2 Å². The Hall–Kier alpha value is 0.140. The van der Waals surface area contributed by atoms with Gasteiger partial charge in [-0.1, -0.05) is 45.2 Å². The lowest BCUT2D eigenvalue weighted by Gasteiger charge is -2.08. The molecule has 0 aliphatic rings. The average Bonchev–Trinajstić information content (AvgIpc) is 2.34. The van der Waals surface area contributed by atoms with Gasteiger partial charge in [0, 0.05) is 8.95 Å². The molecule has 3 heteroatoms. The Balaban J connectivity index is 2.25. The Kier molecular flexibility index (Phi) is 8.20. The number of hydrogen-bond donors (Lipinski definition) is 1. The van der Waals surface area contributed by atoms with Crippen molar-refractivity contribution in [1.82, 2.24) is 5.32 Å². The first kappa shape index (κ1) is 16.2. The fourth-order valence-corrected chi connectivity index (χ4v) is 2.97. The highest BCUT2D eigenvalue weighted by molar-refractivity contribution is 9.11. The van der Waals surface area contributed by atoms with Crippen LogP contribution in [0.3, 0.4) is 0 Å². The van der Waals surface area contributed by atoms with Crippen molar-refractivity contribution >= 4 is 31.9 Å². The molecule has 0 fully saturated rings. The van der Waals surface area contributed by atoms with Crippen LogP contribution in [-0.4, -0.2) is 13.1 Å². The number of halogens is 2. The van der Waals surface area contributed by atoms with Crippen LogP contribution in [0.15, 0.2) is 21.1 Å². The molecule has 0 aliphatic heterocycles. The van der Waals surface area contributed by atoms with E-state index >= 15 is 0 Å². The number of rotatable bonds is 8. The maximum absolute atomic E-state index is 3.65. The van der Waals surface area contributed by atoms with Crippen molar-refractivity contribution in [2.45, 2.75) is 46.0 Å². The summed E-state index contributed by atoms with van der Waals surface area (Å²) in [5, 5.41) is 3.44. The number of aryl methyl sites for hydroxylation is 2. The summed E-state index contributed by atoms with van der Waals surface area (Å²) in [4.78, 5) is 0. The van der Waals surface area contributed by atoms with E-state index in [1.54, 1.807) is 0 Å². The highest BCUT2D eigenvalue weighted by atomic mass is 79.9. The van der Waals surface area contributed by atoms with Gasteiger partial charge in [0.15, 0.2) is 0 Å². The fraction of sp³-hybridized carbons (Fsp3) is 0.600. The van der Waals surface area contributed by atoms with Crippen LogP contribution >= 0.6 is 31.9 Å². The molecule has 0 radical (unpaired) electrons. The van der Waals surface area contributed by atoms with Crippen LogP contribution in [0.1, 0.15) is 43.7 Å². The summed E-state index contributed by atoms with van der Waals surface area (Å²) in [7, 11) is 0. The van der Waals surface area contributed by atoms with E-state index in [0.717, 1.165) is 19.5 Å². The standard InChI is InChI=1S/C15H23Br2N/c1-3-8-18-9-6-4-5-7-13-11-14(16)12(2)10-15(13)17/h10-11,18H,3-9H2,1-2H3. The Bertz CT molecular complexity index is 364. The fourth-order valence-electron chi connectivity index (χ4n) is 1.92. The SMILES string of the molecule is CCCNCCCCCc1cc(Br)c(C)cc1Br. The molecule has 1 nitrogen and oxygen atoms in total. The smallest absolute Gasteiger partial charge is 0.0210 e. The van der Waals surface area contributed by atoms with E-state index in [4.69, 9.17) is 0 Å². The molecule has 0 saturated heterocycles. The summed E-state index contributed by atoms with van der Waals surface area (Å²) in [5.41, 5.74) is 2.70. The van der Waals surface area contributed by atoms with E-state index in [1.165, 1.54) is 45.8 Å². The van der Waals surface area contributed by atoms with Crippen molar-refractivity contribution in [3.63, 3.8) is 0 Å². The summed E-state index contributed by atoms with van der Waals surface area (Å²) in [5.74, 6) is 0. The molecule has 1 aromatic rings. The highest BCUT2D eigenvalue weighted by Gasteiger charge is 2.03. The third-order valence-corrected chi connectivity index (χ3v) is 4.65. The first-order valence-corrected chi connectivity index (χ1v) is 8.39. The Morgan fingerprint density at radius 1 is 1.00 bits per heavy atom. The van der Waals surface area contributed by atoms with E-state index in [-0.39, 0.29) is 0 Å². The minimum absolute atomic E-state index is 1.15. The molecule has 1 aromatic carbocycles. The number of hydrogen-bond acceptors (Lipinski definition) is 1. The van der Waals surface area contributed by atoms with Gasteiger partial charge in [-0.2, -0.15) is 0 Å². The average molecular weight is 377 g/mol. The molecular formula is C15H23Br2N. The summed E-state index contributed by atoms with van der Waals surface area (Å²) < 4.78 is 2.46. The second-order valence-corrected chi connectivity index (χ2v) is 6.46. The normalized spacial score (nSPS) is 10.9. The molecule has 0 aliphatic carbocycles. The molecule has 0 heterocycles. The summed E-state index contributed by atoms with van der Waals surface area (Å²) in [6.07, 6.45) is 6.23. The number of unbranched alkanes of at least 4 members (excludes halogenated alkanes) is 2. The lowest BCUT2D eigenvalue weighted by molar-refractivity contribution is 0.598. The Morgan fingerprint density at radius 3 is 2.50 bits per heavy atom. The van der Waals surface area contributed by atoms with Crippen LogP contribution in [0, 0.1) is 6.92 Å². The largest absolute Gasteiger partial charge is 0.317 e. The molecule has 0 atom stereocenters. The molecule has 0 aromatic heterocycles. The van der Waals surface area contributed by atoms with Crippen LogP contribution in [0.4, 0.5) is 0 Å².